The molecule has 0 radical (unpaired) electrons. The van der Waals surface area contributed by atoms with E-state index < -0.39 is 20.7 Å². The Hall–Kier alpha value is -1.64. The number of halogens is 2. The van der Waals surface area contributed by atoms with Gasteiger partial charge in [-0.3, -0.25) is 0 Å². The highest BCUT2D eigenvalue weighted by atomic mass is 35.5. The molecule has 0 unspecified atom stereocenters. The third-order valence-corrected chi connectivity index (χ3v) is 5.03. The van der Waals surface area contributed by atoms with Gasteiger partial charge in [-0.25, -0.2) is 17.8 Å². The van der Waals surface area contributed by atoms with Gasteiger partial charge in [-0.1, -0.05) is 11.6 Å². The van der Waals surface area contributed by atoms with E-state index in [9.17, 15) is 12.8 Å². The molecule has 114 valence electrons. The van der Waals surface area contributed by atoms with Crippen molar-refractivity contribution in [3.05, 3.63) is 41.2 Å². The summed E-state index contributed by atoms with van der Waals surface area (Å²) in [7, 11) is -0.996. The Balaban J connectivity index is 2.40. The van der Waals surface area contributed by atoms with Crippen molar-refractivity contribution < 1.29 is 12.8 Å². The van der Waals surface area contributed by atoms with Gasteiger partial charge in [-0.05, 0) is 12.1 Å². The summed E-state index contributed by atoms with van der Waals surface area (Å²) in [6.45, 7) is -0.00229. The summed E-state index contributed by atoms with van der Waals surface area (Å²) in [6, 6.07) is 2.20. The van der Waals surface area contributed by atoms with Crippen LogP contribution in [0.25, 0.3) is 0 Å². The molecule has 1 heterocycles. The number of hydrogen-bond donors (Lipinski definition) is 1. The van der Waals surface area contributed by atoms with Gasteiger partial charge >= 0.3 is 0 Å². The number of benzene rings is 1. The molecule has 6 nitrogen and oxygen atoms in total. The molecule has 0 saturated heterocycles. The van der Waals surface area contributed by atoms with E-state index in [1.807, 2.05) is 0 Å². The number of anilines is 1. The fourth-order valence-corrected chi connectivity index (χ4v) is 3.31. The molecule has 2 rings (SSSR count). The van der Waals surface area contributed by atoms with E-state index in [4.69, 9.17) is 17.3 Å². The molecule has 0 aliphatic heterocycles. The van der Waals surface area contributed by atoms with Gasteiger partial charge in [-0.2, -0.15) is 4.31 Å². The Morgan fingerprint density at radius 3 is 2.71 bits per heavy atom. The lowest BCUT2D eigenvalue weighted by atomic mass is 10.3. The van der Waals surface area contributed by atoms with E-state index in [0.717, 1.165) is 16.4 Å². The van der Waals surface area contributed by atoms with E-state index in [-0.39, 0.29) is 17.3 Å². The van der Waals surface area contributed by atoms with Crippen molar-refractivity contribution >= 4 is 27.3 Å². The maximum absolute atomic E-state index is 14.0. The maximum Gasteiger partial charge on any atom is 0.246 e. The van der Waals surface area contributed by atoms with Gasteiger partial charge in [0.1, 0.15) is 10.7 Å². The van der Waals surface area contributed by atoms with Crippen LogP contribution in [0.3, 0.4) is 0 Å². The molecule has 0 atom stereocenters. The van der Waals surface area contributed by atoms with Gasteiger partial charge in [0.15, 0.2) is 5.82 Å². The Morgan fingerprint density at radius 1 is 1.48 bits per heavy atom. The van der Waals surface area contributed by atoms with Crippen LogP contribution >= 0.6 is 11.6 Å². The minimum Gasteiger partial charge on any atom is -0.396 e. The minimum atomic E-state index is -4.07. The van der Waals surface area contributed by atoms with E-state index in [1.54, 1.807) is 24.0 Å². The zero-order chi connectivity index (χ0) is 15.8. The van der Waals surface area contributed by atoms with Crippen LogP contribution in [0, 0.1) is 5.82 Å². The number of nitrogens with zero attached hydrogens (tertiary/aromatic N) is 3. The molecule has 9 heteroatoms. The molecule has 0 spiro atoms. The molecule has 2 N–H and O–H groups in total. The first kappa shape index (κ1) is 15.7. The number of hydrogen-bond acceptors (Lipinski definition) is 4. The molecule has 0 fully saturated rings. The Bertz CT molecular complexity index is 776. The third-order valence-electron chi connectivity index (χ3n) is 3.01. The zero-order valence-corrected chi connectivity index (χ0v) is 13.0. The zero-order valence-electron chi connectivity index (χ0n) is 11.4. The molecule has 1 aromatic heterocycles. The molecule has 0 aliphatic rings. The summed E-state index contributed by atoms with van der Waals surface area (Å²) in [6.07, 6.45) is 3.24. The number of rotatable bonds is 4. The lowest BCUT2D eigenvalue weighted by molar-refractivity contribution is 0.446. The molecular weight excluding hydrogens is 319 g/mol. The van der Waals surface area contributed by atoms with E-state index in [0.29, 0.717) is 5.82 Å². The smallest absolute Gasteiger partial charge is 0.246 e. The van der Waals surface area contributed by atoms with E-state index >= 15 is 0 Å². The third kappa shape index (κ3) is 3.02. The van der Waals surface area contributed by atoms with Gasteiger partial charge in [0, 0.05) is 31.5 Å². The first-order chi connectivity index (χ1) is 9.73. The van der Waals surface area contributed by atoms with Crippen LogP contribution in [0.4, 0.5) is 10.1 Å². The number of aromatic nitrogens is 2. The monoisotopic (exact) mass is 332 g/mol. The van der Waals surface area contributed by atoms with Crippen LogP contribution in [0.15, 0.2) is 29.4 Å². The minimum absolute atomic E-state index is 0.00229. The van der Waals surface area contributed by atoms with Crippen LogP contribution in [-0.2, 0) is 23.6 Å². The van der Waals surface area contributed by atoms with Gasteiger partial charge in [-0.15, -0.1) is 0 Å². The van der Waals surface area contributed by atoms with Crippen molar-refractivity contribution in [1.82, 2.24) is 13.9 Å². The molecule has 0 aliphatic carbocycles. The molecule has 0 saturated carbocycles. The Labute approximate surface area is 127 Å². The maximum atomic E-state index is 14.0. The summed E-state index contributed by atoms with van der Waals surface area (Å²) in [4.78, 5) is 3.48. The summed E-state index contributed by atoms with van der Waals surface area (Å²) in [5, 5.41) is 0.0536. The highest BCUT2D eigenvalue weighted by Crippen LogP contribution is 2.27. The fraction of sp³-hybridized carbons (Fsp3) is 0.250. The SMILES string of the molecule is CN(Cc1nccn1C)S(=O)(=O)c1cc(Cl)cc(N)c1F. The van der Waals surface area contributed by atoms with Gasteiger partial charge in [0.05, 0.1) is 12.2 Å². The predicted molar refractivity (Wildman–Crippen MR) is 77.7 cm³/mol. The normalized spacial score (nSPS) is 12.0. The summed E-state index contributed by atoms with van der Waals surface area (Å²) >= 11 is 5.75. The summed E-state index contributed by atoms with van der Waals surface area (Å²) in [5.41, 5.74) is 5.11. The molecular formula is C12H14ClFN4O2S. The van der Waals surface area contributed by atoms with Gasteiger partial charge in [0.25, 0.3) is 0 Å². The number of nitrogens with two attached hydrogens (primary N) is 1. The fourth-order valence-electron chi connectivity index (χ4n) is 1.77. The number of sulfonamides is 1. The predicted octanol–water partition coefficient (Wildman–Crippen LogP) is 1.62. The second-order valence-electron chi connectivity index (χ2n) is 4.52. The largest absolute Gasteiger partial charge is 0.396 e. The Morgan fingerprint density at radius 2 is 2.14 bits per heavy atom. The van der Waals surface area contributed by atoms with Crippen LogP contribution in [0.1, 0.15) is 5.82 Å². The highest BCUT2D eigenvalue weighted by Gasteiger charge is 2.27. The first-order valence-corrected chi connectivity index (χ1v) is 7.72. The average Bonchev–Trinajstić information content (AvgIpc) is 2.79. The molecule has 2 aromatic rings. The van der Waals surface area contributed by atoms with Crippen LogP contribution < -0.4 is 5.73 Å². The highest BCUT2D eigenvalue weighted by molar-refractivity contribution is 7.89. The topological polar surface area (TPSA) is 81.2 Å². The second-order valence-corrected chi connectivity index (χ2v) is 6.97. The van der Waals surface area contributed by atoms with Crippen molar-refractivity contribution in [1.29, 1.82) is 0 Å². The van der Waals surface area contributed by atoms with Crippen molar-refractivity contribution in [3.63, 3.8) is 0 Å². The van der Waals surface area contributed by atoms with E-state index in [2.05, 4.69) is 4.98 Å². The quantitative estimate of drug-likeness (QED) is 0.863. The van der Waals surface area contributed by atoms with Gasteiger partial charge < -0.3 is 10.3 Å². The van der Waals surface area contributed by atoms with Crippen LogP contribution in [0.5, 0.6) is 0 Å². The molecule has 0 amide bonds. The van der Waals surface area contributed by atoms with Crippen LogP contribution in [0.2, 0.25) is 5.02 Å². The van der Waals surface area contributed by atoms with Crippen molar-refractivity contribution in [2.45, 2.75) is 11.4 Å². The average molecular weight is 333 g/mol. The first-order valence-electron chi connectivity index (χ1n) is 5.90. The molecule has 1 aromatic carbocycles. The second kappa shape index (κ2) is 5.63. The lowest BCUT2D eigenvalue weighted by Gasteiger charge is -2.18. The van der Waals surface area contributed by atoms with E-state index in [1.165, 1.54) is 7.05 Å². The molecule has 0 bridgehead atoms. The number of imidazole rings is 1. The van der Waals surface area contributed by atoms with Crippen molar-refractivity contribution in [2.75, 3.05) is 12.8 Å². The Kier molecular flexibility index (Phi) is 4.22. The standard InChI is InChI=1S/C12H14ClFN4O2S/c1-17-4-3-16-11(17)7-18(2)21(19,20)10-6-8(13)5-9(15)12(10)14/h3-6H,7,15H2,1-2H3. The number of aryl methyl sites for hydroxylation is 1. The lowest BCUT2D eigenvalue weighted by Crippen LogP contribution is -2.28. The summed E-state index contributed by atoms with van der Waals surface area (Å²) in [5.74, 6) is -0.484. The van der Waals surface area contributed by atoms with Crippen molar-refractivity contribution in [3.8, 4) is 0 Å². The summed E-state index contributed by atoms with van der Waals surface area (Å²) < 4.78 is 41.5. The number of nitrogen functional groups attached to an aromatic ring is 1. The van der Waals surface area contributed by atoms with Crippen LogP contribution in [-0.4, -0.2) is 29.3 Å². The van der Waals surface area contributed by atoms with Gasteiger partial charge in [0.2, 0.25) is 10.0 Å². The molecule has 21 heavy (non-hydrogen) atoms. The van der Waals surface area contributed by atoms with Crippen molar-refractivity contribution in [2.24, 2.45) is 7.05 Å².